The Hall–Kier alpha value is -5.73. The topological polar surface area (TPSA) is 17.8 Å². The van der Waals surface area contributed by atoms with E-state index in [0.717, 1.165) is 34.6 Å². The number of rotatable bonds is 5. The van der Waals surface area contributed by atoms with Gasteiger partial charge in [-0.25, -0.2) is 4.98 Å². The molecule has 224 valence electrons. The van der Waals surface area contributed by atoms with Crippen molar-refractivity contribution in [1.29, 1.82) is 0 Å². The van der Waals surface area contributed by atoms with Crippen LogP contribution in [0.25, 0.3) is 61.1 Å². The standard InChI is InChI=1S/C45H34N2/c1-30(41-29-32-13-2-3-18-36(32)37-19-4-5-20-38(37)41)31-14-10-15-33(27-31)42-23-12-24-43(46-42)34-16-11-17-35(28-34)47-44-25-8-6-21-39(44)40-22-7-9-26-45(40)47/h2-28,30,41H,29H2,1H3. The zero-order valence-electron chi connectivity index (χ0n) is 26.3. The SMILES string of the molecule is CC(c1cccc(-c2cccc(-c3cccc(-n4c5ccccc5c5ccccc54)c3)n2)c1)C1Cc2ccccc2-c2ccccc21. The monoisotopic (exact) mass is 602 g/mol. The molecule has 2 atom stereocenters. The van der Waals surface area contributed by atoms with Gasteiger partial charge >= 0.3 is 0 Å². The lowest BCUT2D eigenvalue weighted by Gasteiger charge is -2.32. The zero-order chi connectivity index (χ0) is 31.3. The van der Waals surface area contributed by atoms with Crippen LogP contribution in [0.3, 0.4) is 0 Å². The molecule has 0 saturated carbocycles. The van der Waals surface area contributed by atoms with Gasteiger partial charge in [0, 0.05) is 27.6 Å². The van der Waals surface area contributed by atoms with Gasteiger partial charge in [-0.05, 0) is 88.5 Å². The third-order valence-corrected chi connectivity index (χ3v) is 10.1. The molecule has 2 unspecified atom stereocenters. The summed E-state index contributed by atoms with van der Waals surface area (Å²) in [6, 6.07) is 59.4. The van der Waals surface area contributed by atoms with Crippen molar-refractivity contribution in [2.75, 3.05) is 0 Å². The second-order valence-corrected chi connectivity index (χ2v) is 12.8. The summed E-state index contributed by atoms with van der Waals surface area (Å²) in [5.74, 6) is 0.773. The van der Waals surface area contributed by atoms with Crippen molar-refractivity contribution in [3.8, 4) is 39.3 Å². The minimum Gasteiger partial charge on any atom is -0.309 e. The van der Waals surface area contributed by atoms with E-state index in [4.69, 9.17) is 4.98 Å². The Morgan fingerprint density at radius 1 is 0.553 bits per heavy atom. The Kier molecular flexibility index (Phi) is 6.60. The van der Waals surface area contributed by atoms with E-state index in [2.05, 4.69) is 175 Å². The molecular formula is C45H34N2. The molecule has 1 aliphatic rings. The number of fused-ring (bicyclic) bond motifs is 6. The van der Waals surface area contributed by atoms with Gasteiger partial charge in [-0.2, -0.15) is 0 Å². The first-order valence-corrected chi connectivity index (χ1v) is 16.6. The summed E-state index contributed by atoms with van der Waals surface area (Å²) in [5, 5.41) is 2.53. The summed E-state index contributed by atoms with van der Waals surface area (Å²) in [4.78, 5) is 5.23. The first-order chi connectivity index (χ1) is 23.2. The van der Waals surface area contributed by atoms with E-state index in [9.17, 15) is 0 Å². The van der Waals surface area contributed by atoms with Crippen molar-refractivity contribution in [3.63, 3.8) is 0 Å². The molecule has 47 heavy (non-hydrogen) atoms. The predicted molar refractivity (Wildman–Crippen MR) is 196 cm³/mol. The third-order valence-electron chi connectivity index (χ3n) is 10.1. The molecule has 2 heterocycles. The molecule has 0 bridgehead atoms. The quantitative estimate of drug-likeness (QED) is 0.192. The Labute approximate surface area is 275 Å². The fourth-order valence-corrected chi connectivity index (χ4v) is 7.79. The highest BCUT2D eigenvalue weighted by Gasteiger charge is 2.29. The van der Waals surface area contributed by atoms with Gasteiger partial charge in [-0.3, -0.25) is 0 Å². The minimum atomic E-state index is 0.357. The molecule has 0 amide bonds. The smallest absolute Gasteiger partial charge is 0.0710 e. The Morgan fingerprint density at radius 2 is 1.15 bits per heavy atom. The van der Waals surface area contributed by atoms with Gasteiger partial charge in [0.2, 0.25) is 0 Å². The van der Waals surface area contributed by atoms with Crippen LogP contribution in [0.5, 0.6) is 0 Å². The summed E-state index contributed by atoms with van der Waals surface area (Å²) >= 11 is 0. The Balaban J connectivity index is 1.07. The summed E-state index contributed by atoms with van der Waals surface area (Å²) in [7, 11) is 0. The molecule has 6 aromatic carbocycles. The average Bonchev–Trinajstić information content (AvgIpc) is 3.49. The Morgan fingerprint density at radius 3 is 1.91 bits per heavy atom. The summed E-state index contributed by atoms with van der Waals surface area (Å²) in [5.41, 5.74) is 14.8. The maximum Gasteiger partial charge on any atom is 0.0710 e. The molecule has 0 radical (unpaired) electrons. The van der Waals surface area contributed by atoms with Crippen molar-refractivity contribution in [1.82, 2.24) is 9.55 Å². The fourth-order valence-electron chi connectivity index (χ4n) is 7.79. The minimum absolute atomic E-state index is 0.357. The normalized spacial score (nSPS) is 14.5. The molecule has 2 aromatic heterocycles. The fraction of sp³-hybridized carbons (Fsp3) is 0.0889. The van der Waals surface area contributed by atoms with Crippen LogP contribution in [0.4, 0.5) is 0 Å². The van der Waals surface area contributed by atoms with E-state index in [1.54, 1.807) is 0 Å². The molecule has 1 aliphatic carbocycles. The van der Waals surface area contributed by atoms with Gasteiger partial charge in [-0.1, -0.05) is 128 Å². The van der Waals surface area contributed by atoms with Crippen LogP contribution in [-0.2, 0) is 6.42 Å². The lowest BCUT2D eigenvalue weighted by molar-refractivity contribution is 0.568. The molecule has 8 aromatic rings. The van der Waals surface area contributed by atoms with Gasteiger partial charge in [0.25, 0.3) is 0 Å². The zero-order valence-corrected chi connectivity index (χ0v) is 26.3. The molecular weight excluding hydrogens is 569 g/mol. The largest absolute Gasteiger partial charge is 0.309 e. The van der Waals surface area contributed by atoms with Crippen LogP contribution in [0.2, 0.25) is 0 Å². The van der Waals surface area contributed by atoms with Gasteiger partial charge in [0.05, 0.1) is 22.4 Å². The molecule has 2 nitrogen and oxygen atoms in total. The summed E-state index contributed by atoms with van der Waals surface area (Å²) in [6.45, 7) is 2.39. The van der Waals surface area contributed by atoms with Crippen LogP contribution < -0.4 is 0 Å². The molecule has 0 spiro atoms. The number of benzene rings is 6. The molecule has 0 saturated heterocycles. The second-order valence-electron chi connectivity index (χ2n) is 12.8. The molecule has 0 N–H and O–H groups in total. The first-order valence-electron chi connectivity index (χ1n) is 16.6. The number of pyridine rings is 1. The maximum atomic E-state index is 5.23. The van der Waals surface area contributed by atoms with Gasteiger partial charge in [0.1, 0.15) is 0 Å². The molecule has 9 rings (SSSR count). The van der Waals surface area contributed by atoms with Crippen LogP contribution in [0.15, 0.2) is 164 Å². The van der Waals surface area contributed by atoms with Crippen LogP contribution >= 0.6 is 0 Å². The van der Waals surface area contributed by atoms with E-state index in [-0.39, 0.29) is 0 Å². The predicted octanol–water partition coefficient (Wildman–Crippen LogP) is 11.6. The van der Waals surface area contributed by atoms with Crippen LogP contribution in [0, 0.1) is 0 Å². The average molecular weight is 603 g/mol. The lowest BCUT2D eigenvalue weighted by Crippen LogP contribution is -2.17. The number of hydrogen-bond acceptors (Lipinski definition) is 1. The van der Waals surface area contributed by atoms with Gasteiger partial charge in [-0.15, -0.1) is 0 Å². The van der Waals surface area contributed by atoms with Crippen LogP contribution in [-0.4, -0.2) is 9.55 Å². The van der Waals surface area contributed by atoms with Crippen molar-refractivity contribution in [2.24, 2.45) is 0 Å². The van der Waals surface area contributed by atoms with Crippen molar-refractivity contribution >= 4 is 21.8 Å². The Bertz CT molecular complexity index is 2380. The van der Waals surface area contributed by atoms with Gasteiger partial charge < -0.3 is 4.57 Å². The summed E-state index contributed by atoms with van der Waals surface area (Å²) < 4.78 is 2.37. The van der Waals surface area contributed by atoms with E-state index >= 15 is 0 Å². The first kappa shape index (κ1) is 27.6. The maximum absolute atomic E-state index is 5.23. The van der Waals surface area contributed by atoms with Crippen molar-refractivity contribution in [3.05, 3.63) is 180 Å². The molecule has 0 fully saturated rings. The van der Waals surface area contributed by atoms with Crippen molar-refractivity contribution in [2.45, 2.75) is 25.2 Å². The highest BCUT2D eigenvalue weighted by Crippen LogP contribution is 2.46. The highest BCUT2D eigenvalue weighted by molar-refractivity contribution is 6.09. The highest BCUT2D eigenvalue weighted by atomic mass is 15.0. The van der Waals surface area contributed by atoms with E-state index < -0.39 is 0 Å². The lowest BCUT2D eigenvalue weighted by atomic mass is 9.71. The number of hydrogen-bond donors (Lipinski definition) is 0. The summed E-state index contributed by atoms with van der Waals surface area (Å²) in [6.07, 6.45) is 1.05. The number of nitrogens with zero attached hydrogens (tertiary/aromatic N) is 2. The third kappa shape index (κ3) is 4.68. The van der Waals surface area contributed by atoms with E-state index in [1.807, 2.05) is 0 Å². The van der Waals surface area contributed by atoms with Gasteiger partial charge in [0.15, 0.2) is 0 Å². The number of aromatic nitrogens is 2. The van der Waals surface area contributed by atoms with E-state index in [1.165, 1.54) is 49.6 Å². The van der Waals surface area contributed by atoms with Crippen LogP contribution in [0.1, 0.15) is 35.4 Å². The second kappa shape index (κ2) is 11.3. The van der Waals surface area contributed by atoms with E-state index in [0.29, 0.717) is 11.8 Å². The van der Waals surface area contributed by atoms with Crippen molar-refractivity contribution < 1.29 is 0 Å². The molecule has 0 aliphatic heterocycles. The number of para-hydroxylation sites is 2. The molecule has 2 heteroatoms.